The number of piperidine rings is 2. The molecular weight excluding hydrogens is 703 g/mol. The van der Waals surface area contributed by atoms with Gasteiger partial charge >= 0.3 is 0 Å². The van der Waals surface area contributed by atoms with Gasteiger partial charge in [-0.1, -0.05) is 12.1 Å². The highest BCUT2D eigenvalue weighted by atomic mass is 16.4. The Balaban J connectivity index is 1.09. The maximum Gasteiger partial charge on any atom is 0.197 e. The Kier molecular flexibility index (Phi) is 8.80. The Morgan fingerprint density at radius 1 is 0.732 bits per heavy atom. The zero-order chi connectivity index (χ0) is 37.6. The van der Waals surface area contributed by atoms with E-state index in [0.717, 1.165) is 77.3 Å². The quantitative estimate of drug-likeness (QED) is 0.135. The van der Waals surface area contributed by atoms with Crippen LogP contribution in [0.25, 0.3) is 5.70 Å². The Labute approximate surface area is 325 Å². The van der Waals surface area contributed by atoms with Gasteiger partial charge in [-0.3, -0.25) is 4.99 Å². The van der Waals surface area contributed by atoms with Gasteiger partial charge in [-0.15, -0.1) is 0 Å². The van der Waals surface area contributed by atoms with Crippen molar-refractivity contribution < 1.29 is 13.3 Å². The first-order chi connectivity index (χ1) is 27.5. The maximum atomic E-state index is 6.02. The fourth-order valence-electron chi connectivity index (χ4n) is 8.43. The van der Waals surface area contributed by atoms with E-state index in [0.29, 0.717) is 29.1 Å². The van der Waals surface area contributed by atoms with Crippen molar-refractivity contribution in [3.05, 3.63) is 119 Å². The molecule has 12 heteroatoms. The second-order valence-corrected chi connectivity index (χ2v) is 15.2. The maximum absolute atomic E-state index is 6.02. The van der Waals surface area contributed by atoms with Gasteiger partial charge in [0.15, 0.2) is 24.0 Å². The minimum Gasteiger partial charge on any atom is -0.451 e. The van der Waals surface area contributed by atoms with Crippen molar-refractivity contribution >= 4 is 57.7 Å². The van der Waals surface area contributed by atoms with Crippen LogP contribution in [0.5, 0.6) is 0 Å². The first-order valence-electron chi connectivity index (χ1n) is 19.8. The summed E-state index contributed by atoms with van der Waals surface area (Å²) in [6.45, 7) is 8.11. The number of allylic oxidation sites excluding steroid dienone is 1. The number of hydrogen-bond donors (Lipinski definition) is 3. The molecule has 5 aromatic rings. The van der Waals surface area contributed by atoms with Crippen LogP contribution in [0.1, 0.15) is 72.9 Å². The van der Waals surface area contributed by atoms with Crippen molar-refractivity contribution in [3.8, 4) is 0 Å². The molecule has 10 rings (SSSR count). The van der Waals surface area contributed by atoms with Gasteiger partial charge in [0.2, 0.25) is 0 Å². The monoisotopic (exact) mass is 747 g/mol. The summed E-state index contributed by atoms with van der Waals surface area (Å²) >= 11 is 0. The van der Waals surface area contributed by atoms with E-state index < -0.39 is 0 Å². The van der Waals surface area contributed by atoms with Crippen LogP contribution in [0, 0.1) is 19.8 Å². The van der Waals surface area contributed by atoms with Gasteiger partial charge < -0.3 is 39.0 Å². The molecule has 0 aliphatic carbocycles. The molecule has 12 nitrogen and oxygen atoms in total. The second kappa shape index (κ2) is 14.4. The highest BCUT2D eigenvalue weighted by Crippen LogP contribution is 2.42. The summed E-state index contributed by atoms with van der Waals surface area (Å²) in [5.74, 6) is 4.67. The Bertz CT molecular complexity index is 2420. The molecule has 3 aromatic heterocycles. The van der Waals surface area contributed by atoms with Crippen LogP contribution in [0.15, 0.2) is 119 Å². The number of dihydropyridines is 1. The smallest absolute Gasteiger partial charge is 0.197 e. The average Bonchev–Trinajstić information content (AvgIpc) is 4.01. The summed E-state index contributed by atoms with van der Waals surface area (Å²) in [4.78, 5) is 24.7. The fourth-order valence-corrected chi connectivity index (χ4v) is 8.43. The molecular formula is C44H45N9O3. The topological polar surface area (TPSA) is 132 Å². The molecule has 0 spiro atoms. The van der Waals surface area contributed by atoms with Gasteiger partial charge in [-0.05, 0) is 106 Å². The van der Waals surface area contributed by atoms with Crippen LogP contribution < -0.4 is 25.8 Å². The lowest BCUT2D eigenvalue weighted by Gasteiger charge is -2.35. The van der Waals surface area contributed by atoms with E-state index in [9.17, 15) is 0 Å². The second-order valence-electron chi connectivity index (χ2n) is 15.2. The summed E-state index contributed by atoms with van der Waals surface area (Å²) in [6.07, 6.45) is 14.8. The molecule has 0 saturated carbocycles. The highest BCUT2D eigenvalue weighted by Gasteiger charge is 2.38. The molecule has 2 saturated heterocycles. The van der Waals surface area contributed by atoms with Crippen molar-refractivity contribution in [1.82, 2.24) is 10.3 Å². The SMILES string of the molecule is Cc1ccc(Nc2cc(N3CCCCC3)ccc2C2=CC3=CC(c4ccc(N5CCCCC5)cc4Nc4ccc(C)o4)N=C4N=C(c5cocn5)N=C(N2)C34)o1. The summed E-state index contributed by atoms with van der Waals surface area (Å²) < 4.78 is 17.4. The zero-order valence-corrected chi connectivity index (χ0v) is 31.7. The number of aromatic nitrogens is 1. The van der Waals surface area contributed by atoms with E-state index in [1.165, 1.54) is 56.3 Å². The van der Waals surface area contributed by atoms with Crippen LogP contribution in [0.2, 0.25) is 0 Å². The van der Waals surface area contributed by atoms with Crippen LogP contribution >= 0.6 is 0 Å². The molecule has 284 valence electrons. The van der Waals surface area contributed by atoms with E-state index in [-0.39, 0.29) is 12.0 Å². The predicted molar refractivity (Wildman–Crippen MR) is 222 cm³/mol. The van der Waals surface area contributed by atoms with Crippen LogP contribution in [-0.2, 0) is 0 Å². The third-order valence-corrected chi connectivity index (χ3v) is 11.3. The Hall–Kier alpha value is -6.30. The molecule has 2 atom stereocenters. The van der Waals surface area contributed by atoms with E-state index >= 15 is 0 Å². The highest BCUT2D eigenvalue weighted by molar-refractivity contribution is 6.24. The number of nitrogens with one attached hydrogen (secondary N) is 3. The van der Waals surface area contributed by atoms with Gasteiger partial charge in [0.05, 0.1) is 11.7 Å². The summed E-state index contributed by atoms with van der Waals surface area (Å²) in [6, 6.07) is 20.9. The fraction of sp³-hybridized carbons (Fsp3) is 0.318. The van der Waals surface area contributed by atoms with Gasteiger partial charge in [0.1, 0.15) is 41.1 Å². The molecule has 56 heavy (non-hydrogen) atoms. The minimum atomic E-state index is -0.340. The van der Waals surface area contributed by atoms with E-state index in [1.54, 1.807) is 6.26 Å². The number of hydrogen-bond acceptors (Lipinski definition) is 12. The van der Waals surface area contributed by atoms with Crippen LogP contribution in [-0.4, -0.2) is 48.7 Å². The number of aliphatic imine (C=N–C) groups is 3. The molecule has 3 N–H and O–H groups in total. The third-order valence-electron chi connectivity index (χ3n) is 11.3. The first kappa shape index (κ1) is 34.2. The predicted octanol–water partition coefficient (Wildman–Crippen LogP) is 9.44. The summed E-state index contributed by atoms with van der Waals surface area (Å²) in [7, 11) is 0. The molecule has 2 unspecified atom stereocenters. The zero-order valence-electron chi connectivity index (χ0n) is 31.7. The number of rotatable bonds is 9. The molecule has 5 aliphatic heterocycles. The van der Waals surface area contributed by atoms with Crippen molar-refractivity contribution in [2.24, 2.45) is 20.9 Å². The molecule has 2 fully saturated rings. The third kappa shape index (κ3) is 6.69. The van der Waals surface area contributed by atoms with Crippen molar-refractivity contribution in [3.63, 3.8) is 0 Å². The number of furan rings is 2. The number of anilines is 6. The molecule has 8 heterocycles. The number of nitrogens with zero attached hydrogens (tertiary/aromatic N) is 6. The summed E-state index contributed by atoms with van der Waals surface area (Å²) in [5.41, 5.74) is 8.81. The number of oxazole rings is 1. The van der Waals surface area contributed by atoms with Gasteiger partial charge in [-0.2, -0.15) is 0 Å². The van der Waals surface area contributed by atoms with Crippen molar-refractivity contribution in [2.45, 2.75) is 58.4 Å². The first-order valence-corrected chi connectivity index (χ1v) is 19.8. The van der Waals surface area contributed by atoms with Crippen LogP contribution in [0.3, 0.4) is 0 Å². The molecule has 0 amide bonds. The molecule has 0 radical (unpaired) electrons. The lowest BCUT2D eigenvalue weighted by Crippen LogP contribution is -2.43. The van der Waals surface area contributed by atoms with E-state index in [1.807, 2.05) is 38.1 Å². The largest absolute Gasteiger partial charge is 0.451 e. The average molecular weight is 748 g/mol. The Morgan fingerprint density at radius 2 is 1.39 bits per heavy atom. The number of benzene rings is 2. The standard InChI is InChI=1S/C44H45N9O3/c1-27-9-15-39(55-27)46-36-23-30(52-17-5-3-6-18-52)11-13-32(36)34-21-29-22-35(49-44-41(29)43(48-34)50-42(51-44)38-25-54-26-45-38)33-14-12-31(53-19-7-4-8-20-53)24-37(33)47-40-16-10-28(2)56-40/h9-16,21-26,34,41,46-47H,3-8,17-20H2,1-2H3,(H,48,49,50,51). The number of aryl methyl sites for hydroxylation is 2. The summed E-state index contributed by atoms with van der Waals surface area (Å²) in [5, 5.41) is 10.9. The lowest BCUT2D eigenvalue weighted by atomic mass is 9.84. The van der Waals surface area contributed by atoms with E-state index in [4.69, 9.17) is 28.2 Å². The number of amidine groups is 3. The molecule has 2 aromatic carbocycles. The van der Waals surface area contributed by atoms with Crippen molar-refractivity contribution in [2.75, 3.05) is 46.6 Å². The van der Waals surface area contributed by atoms with Gasteiger partial charge in [-0.25, -0.2) is 15.0 Å². The van der Waals surface area contributed by atoms with Crippen LogP contribution in [0.4, 0.5) is 34.5 Å². The van der Waals surface area contributed by atoms with Crippen molar-refractivity contribution in [1.29, 1.82) is 0 Å². The molecule has 5 aliphatic rings. The van der Waals surface area contributed by atoms with E-state index in [2.05, 4.69) is 79.3 Å². The normalized spacial score (nSPS) is 20.6. The van der Waals surface area contributed by atoms with Gasteiger partial charge in [0, 0.05) is 72.2 Å². The van der Waals surface area contributed by atoms with Gasteiger partial charge in [0.25, 0.3) is 0 Å². The molecule has 0 bridgehead atoms. The Morgan fingerprint density at radius 3 is 2.04 bits per heavy atom. The lowest BCUT2D eigenvalue weighted by molar-refractivity contribution is 0.550. The minimum absolute atomic E-state index is 0.265.